The summed E-state index contributed by atoms with van der Waals surface area (Å²) in [4.78, 5) is 24.7. The lowest BCUT2D eigenvalue weighted by molar-refractivity contribution is -0.127. The Bertz CT molecular complexity index is 595. The summed E-state index contributed by atoms with van der Waals surface area (Å²) < 4.78 is 5.12. The summed E-state index contributed by atoms with van der Waals surface area (Å²) in [6.45, 7) is 1.15. The van der Waals surface area contributed by atoms with Crippen molar-refractivity contribution in [3.05, 3.63) is 41.5 Å². The number of amides is 2. The van der Waals surface area contributed by atoms with Crippen molar-refractivity contribution >= 4 is 11.8 Å². The van der Waals surface area contributed by atoms with Gasteiger partial charge < -0.3 is 20.5 Å². The molecule has 0 aliphatic carbocycles. The van der Waals surface area contributed by atoms with E-state index in [1.807, 2.05) is 24.3 Å². The van der Waals surface area contributed by atoms with Crippen LogP contribution in [0.3, 0.4) is 0 Å². The van der Waals surface area contributed by atoms with Crippen molar-refractivity contribution in [1.29, 1.82) is 0 Å². The summed E-state index contributed by atoms with van der Waals surface area (Å²) in [7, 11) is 1.63. The molecule has 1 aliphatic rings. The maximum Gasteiger partial charge on any atom is 0.249 e. The number of ether oxygens (including phenoxy) is 1. The van der Waals surface area contributed by atoms with E-state index in [0.717, 1.165) is 18.6 Å². The molecule has 6 nitrogen and oxygen atoms in total. The van der Waals surface area contributed by atoms with Crippen molar-refractivity contribution in [2.75, 3.05) is 20.2 Å². The second-order valence-corrected chi connectivity index (χ2v) is 5.55. The van der Waals surface area contributed by atoms with Crippen LogP contribution in [0.1, 0.15) is 18.4 Å². The number of hydrogen-bond acceptors (Lipinski definition) is 4. The van der Waals surface area contributed by atoms with Crippen molar-refractivity contribution in [3.8, 4) is 5.75 Å². The van der Waals surface area contributed by atoms with E-state index < -0.39 is 12.0 Å². The molecule has 0 radical (unpaired) electrons. The lowest BCUT2D eigenvalue weighted by Crippen LogP contribution is -2.32. The Morgan fingerprint density at radius 1 is 1.39 bits per heavy atom. The minimum atomic E-state index is -1.30. The van der Waals surface area contributed by atoms with E-state index >= 15 is 0 Å². The van der Waals surface area contributed by atoms with Crippen LogP contribution < -0.4 is 10.5 Å². The monoisotopic (exact) mass is 318 g/mol. The van der Waals surface area contributed by atoms with Crippen LogP contribution in [0.5, 0.6) is 5.75 Å². The minimum Gasteiger partial charge on any atom is -0.497 e. The van der Waals surface area contributed by atoms with Crippen molar-refractivity contribution in [2.45, 2.75) is 25.4 Å². The molecule has 0 saturated heterocycles. The lowest BCUT2D eigenvalue weighted by Gasteiger charge is -2.17. The van der Waals surface area contributed by atoms with Crippen LogP contribution in [-0.2, 0) is 16.0 Å². The SMILES string of the molecule is COc1ccc(CCCN2CC=C(CC(O)C(N)=O)C2=O)cc1. The third-order valence-electron chi connectivity index (χ3n) is 3.91. The third-order valence-corrected chi connectivity index (χ3v) is 3.91. The number of hydrogen-bond donors (Lipinski definition) is 2. The fourth-order valence-electron chi connectivity index (χ4n) is 2.53. The number of primary amides is 1. The largest absolute Gasteiger partial charge is 0.497 e. The van der Waals surface area contributed by atoms with E-state index in [9.17, 15) is 14.7 Å². The molecule has 0 saturated carbocycles. The van der Waals surface area contributed by atoms with Crippen LogP contribution >= 0.6 is 0 Å². The van der Waals surface area contributed by atoms with Gasteiger partial charge in [-0.25, -0.2) is 0 Å². The van der Waals surface area contributed by atoms with Crippen LogP contribution in [0.2, 0.25) is 0 Å². The molecule has 0 spiro atoms. The van der Waals surface area contributed by atoms with E-state index in [2.05, 4.69) is 0 Å². The minimum absolute atomic E-state index is 0.0108. The number of carbonyl (C=O) groups excluding carboxylic acids is 2. The van der Waals surface area contributed by atoms with Gasteiger partial charge in [0.1, 0.15) is 11.9 Å². The summed E-state index contributed by atoms with van der Waals surface area (Å²) in [6.07, 6.45) is 2.15. The Labute approximate surface area is 135 Å². The molecule has 1 aromatic rings. The van der Waals surface area contributed by atoms with Gasteiger partial charge in [-0.15, -0.1) is 0 Å². The Hall–Kier alpha value is -2.34. The highest BCUT2D eigenvalue weighted by molar-refractivity contribution is 5.96. The summed E-state index contributed by atoms with van der Waals surface area (Å²) >= 11 is 0. The van der Waals surface area contributed by atoms with Crippen molar-refractivity contribution in [3.63, 3.8) is 0 Å². The Morgan fingerprint density at radius 2 is 2.09 bits per heavy atom. The smallest absolute Gasteiger partial charge is 0.249 e. The molecular formula is C17H22N2O4. The van der Waals surface area contributed by atoms with Gasteiger partial charge in [-0.1, -0.05) is 18.2 Å². The van der Waals surface area contributed by atoms with Crippen LogP contribution in [0.15, 0.2) is 35.9 Å². The molecular weight excluding hydrogens is 296 g/mol. The number of benzene rings is 1. The maximum atomic E-state index is 12.2. The van der Waals surface area contributed by atoms with Crippen molar-refractivity contribution in [2.24, 2.45) is 5.73 Å². The number of carbonyl (C=O) groups is 2. The average molecular weight is 318 g/mol. The highest BCUT2D eigenvalue weighted by Gasteiger charge is 2.26. The highest BCUT2D eigenvalue weighted by atomic mass is 16.5. The van der Waals surface area contributed by atoms with Gasteiger partial charge in [-0.05, 0) is 30.5 Å². The summed E-state index contributed by atoms with van der Waals surface area (Å²) in [5.74, 6) is -0.109. The van der Waals surface area contributed by atoms with Crippen LogP contribution in [-0.4, -0.2) is 48.1 Å². The lowest BCUT2D eigenvalue weighted by atomic mass is 10.1. The quantitative estimate of drug-likeness (QED) is 0.735. The summed E-state index contributed by atoms with van der Waals surface area (Å²) in [5.41, 5.74) is 6.66. The second kappa shape index (κ2) is 7.78. The van der Waals surface area contributed by atoms with Crippen LogP contribution in [0, 0.1) is 0 Å². The molecule has 1 aromatic carbocycles. The molecule has 1 atom stereocenters. The Balaban J connectivity index is 1.77. The Morgan fingerprint density at radius 3 is 2.70 bits per heavy atom. The van der Waals surface area contributed by atoms with Gasteiger partial charge in [0, 0.05) is 25.1 Å². The van der Waals surface area contributed by atoms with Crippen LogP contribution in [0.4, 0.5) is 0 Å². The second-order valence-electron chi connectivity index (χ2n) is 5.55. The average Bonchev–Trinajstić information content (AvgIpc) is 2.88. The van der Waals surface area contributed by atoms with Gasteiger partial charge in [0.15, 0.2) is 0 Å². The highest BCUT2D eigenvalue weighted by Crippen LogP contribution is 2.18. The van der Waals surface area contributed by atoms with E-state index in [4.69, 9.17) is 10.5 Å². The van der Waals surface area contributed by atoms with E-state index in [-0.39, 0.29) is 12.3 Å². The van der Waals surface area contributed by atoms with Gasteiger partial charge >= 0.3 is 0 Å². The number of rotatable bonds is 8. The fourth-order valence-corrected chi connectivity index (χ4v) is 2.53. The molecule has 2 rings (SSSR count). The molecule has 23 heavy (non-hydrogen) atoms. The molecule has 3 N–H and O–H groups in total. The molecule has 0 aromatic heterocycles. The molecule has 1 aliphatic heterocycles. The van der Waals surface area contributed by atoms with E-state index in [0.29, 0.717) is 18.7 Å². The first kappa shape index (κ1) is 17.0. The standard InChI is InChI=1S/C17H22N2O4/c1-23-14-6-4-12(5-7-14)3-2-9-19-10-8-13(17(19)22)11-15(20)16(18)21/h4-8,15,20H,2-3,9-11H2,1H3,(H2,18,21). The van der Waals surface area contributed by atoms with Gasteiger partial charge in [0.05, 0.1) is 7.11 Å². The molecule has 0 fully saturated rings. The molecule has 0 bridgehead atoms. The molecule has 1 heterocycles. The van der Waals surface area contributed by atoms with Crippen molar-refractivity contribution < 1.29 is 19.4 Å². The molecule has 124 valence electrons. The van der Waals surface area contributed by atoms with Gasteiger partial charge in [0.2, 0.25) is 11.8 Å². The zero-order chi connectivity index (χ0) is 16.8. The number of aliphatic hydroxyl groups is 1. The summed E-state index contributed by atoms with van der Waals surface area (Å²) in [5, 5.41) is 9.46. The first-order valence-corrected chi connectivity index (χ1v) is 7.60. The number of nitrogens with two attached hydrogens (primary N) is 1. The van der Waals surface area contributed by atoms with Gasteiger partial charge in [-0.3, -0.25) is 9.59 Å². The van der Waals surface area contributed by atoms with Crippen LogP contribution in [0.25, 0.3) is 0 Å². The molecule has 6 heteroatoms. The predicted molar refractivity (Wildman–Crippen MR) is 85.8 cm³/mol. The number of aliphatic hydroxyl groups excluding tert-OH is 1. The molecule has 1 unspecified atom stereocenters. The zero-order valence-corrected chi connectivity index (χ0v) is 13.2. The first-order valence-electron chi connectivity index (χ1n) is 7.60. The van der Waals surface area contributed by atoms with Gasteiger partial charge in [-0.2, -0.15) is 0 Å². The number of aryl methyl sites for hydroxylation is 1. The van der Waals surface area contributed by atoms with E-state index in [1.54, 1.807) is 18.1 Å². The number of methoxy groups -OCH3 is 1. The predicted octanol–water partition coefficient (Wildman–Crippen LogP) is 0.633. The normalized spacial score (nSPS) is 15.5. The zero-order valence-electron chi connectivity index (χ0n) is 13.2. The summed E-state index contributed by atoms with van der Waals surface area (Å²) in [6, 6.07) is 7.86. The third kappa shape index (κ3) is 4.56. The molecule has 2 amide bonds. The first-order chi connectivity index (χ1) is 11.0. The fraction of sp³-hybridized carbons (Fsp3) is 0.412. The Kier molecular flexibility index (Phi) is 5.76. The van der Waals surface area contributed by atoms with E-state index in [1.165, 1.54) is 5.56 Å². The number of nitrogens with zero attached hydrogens (tertiary/aromatic N) is 1. The maximum absolute atomic E-state index is 12.2. The van der Waals surface area contributed by atoms with Crippen molar-refractivity contribution in [1.82, 2.24) is 4.90 Å². The topological polar surface area (TPSA) is 92.9 Å². The van der Waals surface area contributed by atoms with Gasteiger partial charge in [0.25, 0.3) is 0 Å².